The number of hydrogen-bond acceptors (Lipinski definition) is 1. The van der Waals surface area contributed by atoms with Gasteiger partial charge in [-0.05, 0) is 17.3 Å². The first-order valence-corrected chi connectivity index (χ1v) is 4.16. The van der Waals surface area contributed by atoms with E-state index in [4.69, 9.17) is 5.73 Å². The summed E-state index contributed by atoms with van der Waals surface area (Å²) in [5.74, 6) is 0. The van der Waals surface area contributed by atoms with Gasteiger partial charge in [0, 0.05) is 6.54 Å². The summed E-state index contributed by atoms with van der Waals surface area (Å²) < 4.78 is 0. The van der Waals surface area contributed by atoms with Crippen molar-refractivity contribution in [1.29, 1.82) is 0 Å². The van der Waals surface area contributed by atoms with Gasteiger partial charge in [0.25, 0.3) is 0 Å². The fraction of sp³-hybridized carbons (Fsp3) is 0.250. The molecule has 54 valence electrons. The monoisotopic (exact) mass is 153 g/mol. The molecule has 0 spiro atoms. The van der Waals surface area contributed by atoms with Crippen LogP contribution in [0.3, 0.4) is 0 Å². The van der Waals surface area contributed by atoms with Crippen molar-refractivity contribution in [2.75, 3.05) is 0 Å². The Hall–Kier alpha value is -0.390. The second-order valence-corrected chi connectivity index (χ2v) is 2.64. The van der Waals surface area contributed by atoms with Crippen molar-refractivity contribution in [3.8, 4) is 0 Å². The fourth-order valence-corrected chi connectivity index (χ4v) is 1.14. The van der Waals surface area contributed by atoms with Gasteiger partial charge in [-0.2, -0.15) is 0 Å². The second-order valence-electron chi connectivity index (χ2n) is 2.23. The van der Waals surface area contributed by atoms with E-state index in [2.05, 4.69) is 21.4 Å². The molecule has 10 heavy (non-hydrogen) atoms. The third-order valence-electron chi connectivity index (χ3n) is 1.46. The molecule has 0 saturated heterocycles. The molecule has 1 atom stereocenters. The first-order valence-electron chi connectivity index (χ1n) is 3.34. The average Bonchev–Trinajstić information content (AvgIpc) is 2.05. The van der Waals surface area contributed by atoms with Crippen LogP contribution in [0.15, 0.2) is 24.3 Å². The molecule has 0 aromatic heterocycles. The fourth-order valence-electron chi connectivity index (χ4n) is 0.884. The Labute approximate surface area is 63.8 Å². The molecular formula is C8H12NP. The second kappa shape index (κ2) is 3.70. The van der Waals surface area contributed by atoms with E-state index >= 15 is 0 Å². The van der Waals surface area contributed by atoms with Gasteiger partial charge in [-0.3, -0.25) is 0 Å². The normalized spacial score (nSPS) is 9.80. The highest BCUT2D eigenvalue weighted by Gasteiger charge is 1.89. The minimum atomic E-state index is 0.637. The van der Waals surface area contributed by atoms with Crippen molar-refractivity contribution in [2.45, 2.75) is 12.7 Å². The number of benzene rings is 1. The summed E-state index contributed by atoms with van der Waals surface area (Å²) in [5, 5.41) is 0. The third kappa shape index (κ3) is 1.80. The predicted molar refractivity (Wildman–Crippen MR) is 47.7 cm³/mol. The smallest absolute Gasteiger partial charge is 0.0178 e. The van der Waals surface area contributed by atoms with Crippen LogP contribution in [0.2, 0.25) is 0 Å². The maximum Gasteiger partial charge on any atom is 0.0178 e. The van der Waals surface area contributed by atoms with Crippen molar-refractivity contribution in [3.05, 3.63) is 35.4 Å². The van der Waals surface area contributed by atoms with E-state index in [1.165, 1.54) is 11.1 Å². The highest BCUT2D eigenvalue weighted by atomic mass is 31.0. The largest absolute Gasteiger partial charge is 0.326 e. The lowest BCUT2D eigenvalue weighted by Crippen LogP contribution is -1.95. The first kappa shape index (κ1) is 7.71. The summed E-state index contributed by atoms with van der Waals surface area (Å²) >= 11 is 0. The number of rotatable bonds is 2. The van der Waals surface area contributed by atoms with Crippen molar-refractivity contribution < 1.29 is 0 Å². The van der Waals surface area contributed by atoms with Gasteiger partial charge in [0.15, 0.2) is 0 Å². The van der Waals surface area contributed by atoms with Crippen LogP contribution >= 0.6 is 9.24 Å². The molecule has 1 nitrogen and oxygen atoms in total. The Balaban J connectivity index is 2.87. The van der Waals surface area contributed by atoms with E-state index in [-0.39, 0.29) is 0 Å². The Kier molecular flexibility index (Phi) is 2.85. The van der Waals surface area contributed by atoms with E-state index in [1.54, 1.807) is 0 Å². The lowest BCUT2D eigenvalue weighted by Gasteiger charge is -1.98. The van der Waals surface area contributed by atoms with E-state index in [1.807, 2.05) is 12.1 Å². The van der Waals surface area contributed by atoms with Crippen LogP contribution in [0.25, 0.3) is 0 Å². The maximum absolute atomic E-state index is 5.47. The molecule has 0 amide bonds. The van der Waals surface area contributed by atoms with Crippen LogP contribution < -0.4 is 5.73 Å². The zero-order valence-corrected chi connectivity index (χ0v) is 7.03. The molecule has 0 aliphatic heterocycles. The van der Waals surface area contributed by atoms with Crippen molar-refractivity contribution >= 4 is 9.24 Å². The summed E-state index contributed by atoms with van der Waals surface area (Å²) in [5.41, 5.74) is 8.00. The Morgan fingerprint density at radius 3 is 2.60 bits per heavy atom. The lowest BCUT2D eigenvalue weighted by atomic mass is 10.1. The van der Waals surface area contributed by atoms with Gasteiger partial charge in [0.1, 0.15) is 0 Å². The Morgan fingerprint density at radius 2 is 2.00 bits per heavy atom. The highest BCUT2D eigenvalue weighted by molar-refractivity contribution is 7.15. The van der Waals surface area contributed by atoms with Gasteiger partial charge < -0.3 is 5.73 Å². The van der Waals surface area contributed by atoms with E-state index in [9.17, 15) is 0 Å². The van der Waals surface area contributed by atoms with Crippen molar-refractivity contribution in [2.24, 2.45) is 5.73 Å². The predicted octanol–water partition coefficient (Wildman–Crippen LogP) is 1.52. The van der Waals surface area contributed by atoms with Crippen LogP contribution in [0, 0.1) is 0 Å². The minimum Gasteiger partial charge on any atom is -0.326 e. The molecule has 1 aromatic carbocycles. The van der Waals surface area contributed by atoms with Crippen molar-refractivity contribution in [3.63, 3.8) is 0 Å². The quantitative estimate of drug-likeness (QED) is 0.640. The number of nitrogens with two attached hydrogens (primary N) is 1. The van der Waals surface area contributed by atoms with Gasteiger partial charge in [0.2, 0.25) is 0 Å². The topological polar surface area (TPSA) is 26.0 Å². The van der Waals surface area contributed by atoms with Gasteiger partial charge in [-0.15, -0.1) is 9.24 Å². The van der Waals surface area contributed by atoms with Crippen LogP contribution in [0.1, 0.15) is 11.1 Å². The molecule has 0 saturated carbocycles. The molecule has 0 fully saturated rings. The van der Waals surface area contributed by atoms with Crippen LogP contribution in [0.4, 0.5) is 0 Å². The van der Waals surface area contributed by atoms with E-state index < -0.39 is 0 Å². The van der Waals surface area contributed by atoms with E-state index in [0.717, 1.165) is 6.16 Å². The molecule has 1 rings (SSSR count). The summed E-state index contributed by atoms with van der Waals surface area (Å²) in [6.07, 6.45) is 1.01. The maximum atomic E-state index is 5.47. The van der Waals surface area contributed by atoms with Crippen molar-refractivity contribution in [1.82, 2.24) is 0 Å². The summed E-state index contributed by atoms with van der Waals surface area (Å²) in [7, 11) is 2.70. The molecule has 1 unspecified atom stereocenters. The first-order chi connectivity index (χ1) is 4.86. The molecular weight excluding hydrogens is 141 g/mol. The molecule has 0 bridgehead atoms. The van der Waals surface area contributed by atoms with Gasteiger partial charge in [-0.25, -0.2) is 0 Å². The van der Waals surface area contributed by atoms with Gasteiger partial charge >= 0.3 is 0 Å². The zero-order valence-electron chi connectivity index (χ0n) is 5.88. The summed E-state index contributed by atoms with van der Waals surface area (Å²) in [6, 6.07) is 8.32. The third-order valence-corrected chi connectivity index (χ3v) is 1.93. The zero-order chi connectivity index (χ0) is 7.40. The molecule has 2 heteroatoms. The molecule has 1 aromatic rings. The Bertz CT molecular complexity index is 191. The van der Waals surface area contributed by atoms with Gasteiger partial charge in [-0.1, -0.05) is 24.3 Å². The summed E-state index contributed by atoms with van der Waals surface area (Å²) in [6.45, 7) is 0.637. The molecule has 0 radical (unpaired) electrons. The number of hydrogen-bond donors (Lipinski definition) is 1. The van der Waals surface area contributed by atoms with Crippen LogP contribution in [0.5, 0.6) is 0 Å². The SMILES string of the molecule is NCc1cccc(CP)c1. The molecule has 2 N–H and O–H groups in total. The average molecular weight is 153 g/mol. The Morgan fingerprint density at radius 1 is 1.30 bits per heavy atom. The minimum absolute atomic E-state index is 0.637. The molecule has 0 aliphatic carbocycles. The van der Waals surface area contributed by atoms with Gasteiger partial charge in [0.05, 0.1) is 0 Å². The van der Waals surface area contributed by atoms with E-state index in [0.29, 0.717) is 6.54 Å². The molecule has 0 aliphatic rings. The standard InChI is InChI=1S/C8H12NP/c9-5-7-2-1-3-8(4-7)6-10/h1-4H,5-6,9-10H2. The summed E-state index contributed by atoms with van der Waals surface area (Å²) in [4.78, 5) is 0. The van der Waals surface area contributed by atoms with Crippen LogP contribution in [-0.4, -0.2) is 0 Å². The molecule has 0 heterocycles. The lowest BCUT2D eigenvalue weighted by molar-refractivity contribution is 1.06. The highest BCUT2D eigenvalue weighted by Crippen LogP contribution is 2.07. The van der Waals surface area contributed by atoms with Crippen LogP contribution in [-0.2, 0) is 12.7 Å².